The summed E-state index contributed by atoms with van der Waals surface area (Å²) in [6, 6.07) is 9.24. The van der Waals surface area contributed by atoms with E-state index in [1.165, 1.54) is 5.56 Å². The predicted molar refractivity (Wildman–Crippen MR) is 95.7 cm³/mol. The third-order valence-electron chi connectivity index (χ3n) is 4.52. The molecule has 1 aromatic carbocycles. The normalized spacial score (nSPS) is 17.8. The summed E-state index contributed by atoms with van der Waals surface area (Å²) >= 11 is 0. The van der Waals surface area contributed by atoms with Gasteiger partial charge in [0.15, 0.2) is 0 Å². The lowest BCUT2D eigenvalue weighted by molar-refractivity contribution is 0.0793. The van der Waals surface area contributed by atoms with Crippen LogP contribution in [0.2, 0.25) is 0 Å². The second kappa shape index (κ2) is 7.93. The quantitative estimate of drug-likeness (QED) is 0.876. The fourth-order valence-corrected chi connectivity index (χ4v) is 3.58. The molecule has 2 atom stereocenters. The van der Waals surface area contributed by atoms with Crippen LogP contribution in [0.3, 0.4) is 0 Å². The van der Waals surface area contributed by atoms with Crippen molar-refractivity contribution in [1.82, 2.24) is 15.1 Å². The lowest BCUT2D eigenvalue weighted by atomic mass is 9.97. The van der Waals surface area contributed by atoms with E-state index in [0.717, 1.165) is 31.5 Å². The Labute approximate surface area is 140 Å². The van der Waals surface area contributed by atoms with Gasteiger partial charge < -0.3 is 15.1 Å². The molecule has 1 saturated heterocycles. The first-order chi connectivity index (χ1) is 10.9. The van der Waals surface area contributed by atoms with Crippen LogP contribution < -0.4 is 5.32 Å². The van der Waals surface area contributed by atoms with E-state index in [0.29, 0.717) is 12.1 Å². The summed E-state index contributed by atoms with van der Waals surface area (Å²) in [5.74, 6) is 0.170. The third-order valence-corrected chi connectivity index (χ3v) is 4.52. The Morgan fingerprint density at radius 1 is 1.09 bits per heavy atom. The molecule has 0 aromatic heterocycles. The van der Waals surface area contributed by atoms with Gasteiger partial charge in [0, 0.05) is 36.8 Å². The second-order valence-corrected chi connectivity index (χ2v) is 7.14. The highest BCUT2D eigenvalue weighted by molar-refractivity contribution is 5.94. The number of carbonyl (C=O) groups excluding carboxylic acids is 1. The van der Waals surface area contributed by atoms with Gasteiger partial charge in [0.05, 0.1) is 0 Å². The highest BCUT2D eigenvalue weighted by Crippen LogP contribution is 2.23. The van der Waals surface area contributed by atoms with Crippen molar-refractivity contribution in [2.75, 3.05) is 27.2 Å². The third kappa shape index (κ3) is 4.55. The number of hydrogen-bond acceptors (Lipinski definition) is 3. The van der Waals surface area contributed by atoms with Crippen molar-refractivity contribution >= 4 is 5.91 Å². The summed E-state index contributed by atoms with van der Waals surface area (Å²) in [6.07, 6.45) is 2.26. The van der Waals surface area contributed by atoms with Crippen LogP contribution in [0.25, 0.3) is 0 Å². The zero-order chi connectivity index (χ0) is 17.0. The van der Waals surface area contributed by atoms with E-state index >= 15 is 0 Å². The lowest BCUT2D eigenvalue weighted by Crippen LogP contribution is -2.42. The molecule has 0 spiro atoms. The molecule has 1 aromatic rings. The monoisotopic (exact) mass is 317 g/mol. The van der Waals surface area contributed by atoms with E-state index in [1.54, 1.807) is 0 Å². The largest absolute Gasteiger partial charge is 0.339 e. The van der Waals surface area contributed by atoms with Crippen LogP contribution >= 0.6 is 0 Å². The van der Waals surface area contributed by atoms with Gasteiger partial charge >= 0.3 is 0 Å². The number of hydrogen-bond donors (Lipinski definition) is 1. The molecule has 1 fully saturated rings. The van der Waals surface area contributed by atoms with Gasteiger partial charge in [-0.2, -0.15) is 0 Å². The van der Waals surface area contributed by atoms with E-state index < -0.39 is 0 Å². The predicted octanol–water partition coefficient (Wildman–Crippen LogP) is 2.91. The van der Waals surface area contributed by atoms with Crippen molar-refractivity contribution in [2.45, 2.75) is 51.7 Å². The number of rotatable bonds is 6. The van der Waals surface area contributed by atoms with E-state index in [2.05, 4.69) is 57.2 Å². The van der Waals surface area contributed by atoms with E-state index in [4.69, 9.17) is 0 Å². The summed E-state index contributed by atoms with van der Waals surface area (Å²) in [6.45, 7) is 8.35. The molecule has 0 unspecified atom stereocenters. The highest BCUT2D eigenvalue weighted by Gasteiger charge is 2.23. The molecule has 1 amide bonds. The molecule has 23 heavy (non-hydrogen) atoms. The summed E-state index contributed by atoms with van der Waals surface area (Å²) in [5, 5.41) is 3.59. The number of nitrogens with zero attached hydrogens (tertiary/aromatic N) is 2. The Morgan fingerprint density at radius 3 is 2.13 bits per heavy atom. The maximum Gasteiger partial charge on any atom is 0.253 e. The smallest absolute Gasteiger partial charge is 0.253 e. The van der Waals surface area contributed by atoms with Crippen LogP contribution in [0, 0.1) is 0 Å². The van der Waals surface area contributed by atoms with Crippen LogP contribution in [-0.2, 0) is 0 Å². The average molecular weight is 317 g/mol. The summed E-state index contributed by atoms with van der Waals surface area (Å²) in [5.41, 5.74) is 2.05. The number of likely N-dealkylation sites (tertiary alicyclic amines) is 1. The van der Waals surface area contributed by atoms with E-state index in [9.17, 15) is 4.79 Å². The average Bonchev–Trinajstić information content (AvgIpc) is 3.00. The minimum absolute atomic E-state index is 0.170. The van der Waals surface area contributed by atoms with Crippen molar-refractivity contribution in [3.63, 3.8) is 0 Å². The number of carbonyl (C=O) groups is 1. The topological polar surface area (TPSA) is 35.6 Å². The van der Waals surface area contributed by atoms with Crippen LogP contribution in [0.4, 0.5) is 0 Å². The molecule has 1 aliphatic heterocycles. The van der Waals surface area contributed by atoms with E-state index in [-0.39, 0.29) is 11.9 Å². The molecule has 0 aliphatic carbocycles. The first-order valence-electron chi connectivity index (χ1n) is 8.72. The van der Waals surface area contributed by atoms with Crippen LogP contribution in [0.1, 0.15) is 55.6 Å². The Hall–Kier alpha value is -1.39. The van der Waals surface area contributed by atoms with Crippen molar-refractivity contribution in [1.29, 1.82) is 0 Å². The maximum atomic E-state index is 12.4. The summed E-state index contributed by atoms with van der Waals surface area (Å²) in [7, 11) is 4.21. The van der Waals surface area contributed by atoms with Crippen molar-refractivity contribution in [3.8, 4) is 0 Å². The van der Waals surface area contributed by atoms with Crippen LogP contribution in [0.15, 0.2) is 24.3 Å². The molecule has 4 nitrogen and oxygen atoms in total. The molecule has 0 saturated carbocycles. The molecule has 1 N–H and O–H groups in total. The summed E-state index contributed by atoms with van der Waals surface area (Å²) < 4.78 is 0. The zero-order valence-electron chi connectivity index (χ0n) is 15.2. The van der Waals surface area contributed by atoms with Crippen LogP contribution in [0.5, 0.6) is 0 Å². The zero-order valence-corrected chi connectivity index (χ0v) is 15.2. The second-order valence-electron chi connectivity index (χ2n) is 7.14. The lowest BCUT2D eigenvalue weighted by Gasteiger charge is -2.32. The maximum absolute atomic E-state index is 12.4. The highest BCUT2D eigenvalue weighted by atomic mass is 16.2. The first kappa shape index (κ1) is 18.0. The molecule has 0 bridgehead atoms. The fraction of sp³-hybridized carbons (Fsp3) is 0.632. The molecule has 1 heterocycles. The van der Waals surface area contributed by atoms with Gasteiger partial charge in [0.25, 0.3) is 5.91 Å². The van der Waals surface area contributed by atoms with Gasteiger partial charge in [-0.25, -0.2) is 0 Å². The molecular weight excluding hydrogens is 286 g/mol. The Bertz CT molecular complexity index is 504. The van der Waals surface area contributed by atoms with Crippen LogP contribution in [-0.4, -0.2) is 55.0 Å². The fourth-order valence-electron chi connectivity index (χ4n) is 3.58. The molecule has 0 radical (unpaired) electrons. The van der Waals surface area contributed by atoms with Crippen molar-refractivity contribution in [2.24, 2.45) is 0 Å². The first-order valence-corrected chi connectivity index (χ1v) is 8.72. The Morgan fingerprint density at radius 2 is 1.65 bits per heavy atom. The Balaban J connectivity index is 2.13. The van der Waals surface area contributed by atoms with E-state index in [1.807, 2.05) is 17.0 Å². The number of benzene rings is 1. The van der Waals surface area contributed by atoms with Gasteiger partial charge in [0.1, 0.15) is 0 Å². The molecule has 2 rings (SSSR count). The summed E-state index contributed by atoms with van der Waals surface area (Å²) in [4.78, 5) is 16.6. The van der Waals surface area contributed by atoms with Crippen molar-refractivity contribution < 1.29 is 4.79 Å². The number of nitrogens with one attached hydrogen (secondary N) is 1. The molecular formula is C19H31N3O. The van der Waals surface area contributed by atoms with Gasteiger partial charge in [0.2, 0.25) is 0 Å². The van der Waals surface area contributed by atoms with Gasteiger partial charge in [-0.15, -0.1) is 0 Å². The standard InChI is InChI=1S/C19H31N3O/c1-14(2)20-15(3)18(21(4)5)16-8-10-17(11-9-16)19(23)22-12-6-7-13-22/h8-11,14-15,18,20H,6-7,12-13H2,1-5H3/t15-,18+/m0/s1. The molecule has 1 aliphatic rings. The number of likely N-dealkylation sites (N-methyl/N-ethyl adjacent to an activating group) is 1. The minimum Gasteiger partial charge on any atom is -0.339 e. The Kier molecular flexibility index (Phi) is 6.19. The van der Waals surface area contributed by atoms with Gasteiger partial charge in [-0.05, 0) is 51.6 Å². The SMILES string of the molecule is CC(C)N[C@@H](C)[C@H](c1ccc(C(=O)N2CCCC2)cc1)N(C)C. The number of amides is 1. The van der Waals surface area contributed by atoms with Gasteiger partial charge in [-0.3, -0.25) is 4.79 Å². The molecule has 128 valence electrons. The van der Waals surface area contributed by atoms with Crippen molar-refractivity contribution in [3.05, 3.63) is 35.4 Å². The molecule has 4 heteroatoms. The minimum atomic E-state index is 0.170. The van der Waals surface area contributed by atoms with Gasteiger partial charge in [-0.1, -0.05) is 26.0 Å².